The molecule has 0 aromatic heterocycles. The average Bonchev–Trinajstić information content (AvgIpc) is 3.16. The highest BCUT2D eigenvalue weighted by Gasteiger charge is 2.34. The number of anilines is 1. The molecule has 0 atom stereocenters. The molecule has 0 bridgehead atoms. The maximum absolute atomic E-state index is 13.0. The standard InChI is InChI=1S/C18H24N2O3S2/c21-18-12-24-17-6-5-15(11-16(17)19-18)25(22,23)14-7-9-20(10-8-14)13-3-1-2-4-13/h5-6,11,13-14H,1-4,7-10,12H2,(H,19,21). The largest absolute Gasteiger partial charge is 0.324 e. The first-order valence-corrected chi connectivity index (χ1v) is 11.6. The molecule has 2 aliphatic heterocycles. The first-order chi connectivity index (χ1) is 12.0. The number of sulfone groups is 1. The zero-order valence-corrected chi connectivity index (χ0v) is 15.9. The molecule has 1 N–H and O–H groups in total. The average molecular weight is 381 g/mol. The number of hydrogen-bond donors (Lipinski definition) is 1. The van der Waals surface area contributed by atoms with Gasteiger partial charge in [0.25, 0.3) is 0 Å². The molecule has 1 aliphatic carbocycles. The number of hydrogen-bond acceptors (Lipinski definition) is 5. The Bertz CT molecular complexity index is 765. The van der Waals surface area contributed by atoms with Gasteiger partial charge < -0.3 is 10.2 Å². The van der Waals surface area contributed by atoms with E-state index in [0.717, 1.165) is 18.0 Å². The smallest absolute Gasteiger partial charge is 0.234 e. The predicted octanol–water partition coefficient (Wildman–Crippen LogP) is 2.91. The zero-order chi connectivity index (χ0) is 17.4. The van der Waals surface area contributed by atoms with Crippen LogP contribution in [0, 0.1) is 0 Å². The topological polar surface area (TPSA) is 66.5 Å². The molecule has 25 heavy (non-hydrogen) atoms. The van der Waals surface area contributed by atoms with Crippen LogP contribution in [0.4, 0.5) is 5.69 Å². The number of thioether (sulfide) groups is 1. The summed E-state index contributed by atoms with van der Waals surface area (Å²) in [6, 6.07) is 5.82. The van der Waals surface area contributed by atoms with E-state index in [-0.39, 0.29) is 11.2 Å². The molecule has 7 heteroatoms. The minimum absolute atomic E-state index is 0.0723. The van der Waals surface area contributed by atoms with Crippen molar-refractivity contribution in [3.05, 3.63) is 18.2 Å². The Kier molecular flexibility index (Phi) is 4.81. The van der Waals surface area contributed by atoms with Gasteiger partial charge in [0.2, 0.25) is 5.91 Å². The molecule has 1 saturated carbocycles. The lowest BCUT2D eigenvalue weighted by molar-refractivity contribution is -0.113. The first kappa shape index (κ1) is 17.4. The molecular weight excluding hydrogens is 356 g/mol. The molecule has 1 amide bonds. The lowest BCUT2D eigenvalue weighted by Crippen LogP contribution is -2.43. The summed E-state index contributed by atoms with van der Waals surface area (Å²) in [5.41, 5.74) is 0.630. The van der Waals surface area contributed by atoms with E-state index in [1.807, 2.05) is 6.07 Å². The van der Waals surface area contributed by atoms with E-state index in [9.17, 15) is 13.2 Å². The van der Waals surface area contributed by atoms with E-state index in [1.54, 1.807) is 12.1 Å². The molecule has 0 unspecified atom stereocenters. The van der Waals surface area contributed by atoms with E-state index >= 15 is 0 Å². The fourth-order valence-corrected chi connectivity index (χ4v) is 6.80. The fourth-order valence-electron chi connectivity index (χ4n) is 4.25. The number of amides is 1. The van der Waals surface area contributed by atoms with Crippen LogP contribution in [0.25, 0.3) is 0 Å². The summed E-state index contributed by atoms with van der Waals surface area (Å²) in [7, 11) is -3.35. The lowest BCUT2D eigenvalue weighted by atomic mass is 10.1. The number of carbonyl (C=O) groups excluding carboxylic acids is 1. The van der Waals surface area contributed by atoms with Crippen molar-refractivity contribution in [1.82, 2.24) is 4.90 Å². The molecule has 136 valence electrons. The van der Waals surface area contributed by atoms with Crippen molar-refractivity contribution in [3.8, 4) is 0 Å². The molecule has 1 saturated heterocycles. The minimum atomic E-state index is -3.35. The van der Waals surface area contributed by atoms with E-state index in [1.165, 1.54) is 37.4 Å². The van der Waals surface area contributed by atoms with Crippen LogP contribution in [0.2, 0.25) is 0 Å². The van der Waals surface area contributed by atoms with Gasteiger partial charge in [0, 0.05) is 10.9 Å². The highest BCUT2D eigenvalue weighted by Crippen LogP contribution is 2.35. The molecule has 3 aliphatic rings. The van der Waals surface area contributed by atoms with Crippen molar-refractivity contribution in [2.75, 3.05) is 24.2 Å². The summed E-state index contributed by atoms with van der Waals surface area (Å²) in [6.07, 6.45) is 6.55. The van der Waals surface area contributed by atoms with Gasteiger partial charge in [-0.25, -0.2) is 8.42 Å². The number of carbonyl (C=O) groups is 1. The summed E-state index contributed by atoms with van der Waals surface area (Å²) < 4.78 is 26.1. The Morgan fingerprint density at radius 2 is 1.80 bits per heavy atom. The second-order valence-electron chi connectivity index (χ2n) is 7.21. The van der Waals surface area contributed by atoms with Crippen molar-refractivity contribution in [3.63, 3.8) is 0 Å². The van der Waals surface area contributed by atoms with E-state index in [0.29, 0.717) is 35.2 Å². The quantitative estimate of drug-likeness (QED) is 0.873. The molecule has 1 aromatic rings. The van der Waals surface area contributed by atoms with Gasteiger partial charge in [-0.05, 0) is 57.0 Å². The summed E-state index contributed by atoms with van der Waals surface area (Å²) >= 11 is 1.45. The number of benzene rings is 1. The van der Waals surface area contributed by atoms with Crippen LogP contribution in [-0.4, -0.2) is 49.4 Å². The van der Waals surface area contributed by atoms with Crippen molar-refractivity contribution >= 4 is 33.2 Å². The third-order valence-corrected chi connectivity index (χ3v) is 9.00. The van der Waals surface area contributed by atoms with Crippen molar-refractivity contribution in [1.29, 1.82) is 0 Å². The van der Waals surface area contributed by atoms with Crippen LogP contribution in [0.5, 0.6) is 0 Å². The monoisotopic (exact) mass is 380 g/mol. The third-order valence-electron chi connectivity index (χ3n) is 5.67. The van der Waals surface area contributed by atoms with Crippen LogP contribution < -0.4 is 5.32 Å². The normalized spacial score (nSPS) is 23.4. The zero-order valence-electron chi connectivity index (χ0n) is 14.2. The Morgan fingerprint density at radius 1 is 1.08 bits per heavy atom. The second-order valence-corrected chi connectivity index (χ2v) is 10.5. The lowest BCUT2D eigenvalue weighted by Gasteiger charge is -2.35. The number of rotatable bonds is 3. The molecular formula is C18H24N2O3S2. The van der Waals surface area contributed by atoms with Crippen LogP contribution in [0.1, 0.15) is 38.5 Å². The fraction of sp³-hybridized carbons (Fsp3) is 0.611. The Balaban J connectivity index is 1.48. The molecule has 1 aromatic carbocycles. The summed E-state index contributed by atoms with van der Waals surface area (Å²) in [4.78, 5) is 15.3. The molecule has 5 nitrogen and oxygen atoms in total. The van der Waals surface area contributed by atoms with E-state index in [4.69, 9.17) is 0 Å². The summed E-state index contributed by atoms with van der Waals surface area (Å²) in [6.45, 7) is 1.76. The predicted molar refractivity (Wildman–Crippen MR) is 99.8 cm³/mol. The van der Waals surface area contributed by atoms with Crippen LogP contribution in [0.3, 0.4) is 0 Å². The van der Waals surface area contributed by atoms with Crippen molar-refractivity contribution in [2.45, 2.75) is 59.6 Å². The van der Waals surface area contributed by atoms with Crippen molar-refractivity contribution < 1.29 is 13.2 Å². The second kappa shape index (κ2) is 6.93. The van der Waals surface area contributed by atoms with Gasteiger partial charge in [0.05, 0.1) is 21.6 Å². The van der Waals surface area contributed by atoms with Crippen LogP contribution in [-0.2, 0) is 14.6 Å². The Morgan fingerprint density at radius 3 is 2.52 bits per heavy atom. The third kappa shape index (κ3) is 3.46. The summed E-state index contributed by atoms with van der Waals surface area (Å²) in [5.74, 6) is 0.315. The van der Waals surface area contributed by atoms with Crippen molar-refractivity contribution in [2.24, 2.45) is 0 Å². The Hall–Kier alpha value is -1.05. The number of piperidine rings is 1. The first-order valence-electron chi connectivity index (χ1n) is 9.09. The maximum Gasteiger partial charge on any atom is 0.234 e. The highest BCUT2D eigenvalue weighted by molar-refractivity contribution is 8.00. The van der Waals surface area contributed by atoms with Gasteiger partial charge in [-0.15, -0.1) is 11.8 Å². The van der Waals surface area contributed by atoms with Crippen LogP contribution >= 0.6 is 11.8 Å². The minimum Gasteiger partial charge on any atom is -0.324 e. The Labute approximate surface area is 153 Å². The van der Waals surface area contributed by atoms with Gasteiger partial charge in [-0.3, -0.25) is 4.79 Å². The SMILES string of the molecule is O=C1CSc2ccc(S(=O)(=O)C3CCN(C4CCCC4)CC3)cc2N1. The van der Waals surface area contributed by atoms with Gasteiger partial charge in [0.15, 0.2) is 9.84 Å². The molecule has 0 spiro atoms. The maximum atomic E-state index is 13.0. The molecule has 0 radical (unpaired) electrons. The van der Waals surface area contributed by atoms with Gasteiger partial charge in [-0.2, -0.15) is 0 Å². The molecule has 2 fully saturated rings. The highest BCUT2D eigenvalue weighted by atomic mass is 32.2. The number of nitrogens with zero attached hydrogens (tertiary/aromatic N) is 1. The summed E-state index contributed by atoms with van der Waals surface area (Å²) in [5, 5.41) is 2.48. The van der Waals surface area contributed by atoms with E-state index in [2.05, 4.69) is 10.2 Å². The number of fused-ring (bicyclic) bond motifs is 1. The van der Waals surface area contributed by atoms with Crippen LogP contribution in [0.15, 0.2) is 28.0 Å². The van der Waals surface area contributed by atoms with Gasteiger partial charge in [-0.1, -0.05) is 12.8 Å². The number of likely N-dealkylation sites (tertiary alicyclic amines) is 1. The van der Waals surface area contributed by atoms with E-state index < -0.39 is 9.84 Å². The van der Waals surface area contributed by atoms with Gasteiger partial charge >= 0.3 is 0 Å². The molecule has 2 heterocycles. The van der Waals surface area contributed by atoms with Gasteiger partial charge in [0.1, 0.15) is 0 Å². The number of nitrogens with one attached hydrogen (secondary N) is 1. The molecule has 4 rings (SSSR count).